The van der Waals surface area contributed by atoms with E-state index in [0.717, 1.165) is 18.6 Å². The lowest BCUT2D eigenvalue weighted by Crippen LogP contribution is -2.26. The lowest BCUT2D eigenvalue weighted by Gasteiger charge is -2.27. The molecule has 1 aliphatic carbocycles. The minimum absolute atomic E-state index is 0.0693. The van der Waals surface area contributed by atoms with Crippen molar-refractivity contribution in [1.82, 2.24) is 5.32 Å². The summed E-state index contributed by atoms with van der Waals surface area (Å²) in [6.07, 6.45) is 2.82. The average molecular weight is 383 g/mol. The van der Waals surface area contributed by atoms with E-state index in [0.29, 0.717) is 42.9 Å². The summed E-state index contributed by atoms with van der Waals surface area (Å²) in [5.74, 6) is 1.60. The smallest absolute Gasteiger partial charge is 0.287 e. The van der Waals surface area contributed by atoms with Crippen molar-refractivity contribution in [1.29, 1.82) is 0 Å². The number of unbranched alkanes of at least 4 members (excludes halogenated alkanes) is 1. The minimum atomic E-state index is -0.253. The van der Waals surface area contributed by atoms with E-state index in [9.17, 15) is 9.59 Å². The highest BCUT2D eigenvalue weighted by molar-refractivity contribution is 6.03. The molecule has 0 saturated heterocycles. The van der Waals surface area contributed by atoms with Crippen molar-refractivity contribution in [3.63, 3.8) is 0 Å². The molecule has 1 aromatic carbocycles. The maximum Gasteiger partial charge on any atom is 0.287 e. The number of ketones is 1. The van der Waals surface area contributed by atoms with E-state index in [1.54, 1.807) is 6.92 Å². The maximum atomic E-state index is 12.5. The van der Waals surface area contributed by atoms with Crippen molar-refractivity contribution in [3.05, 3.63) is 52.5 Å². The first-order valence-electron chi connectivity index (χ1n) is 9.90. The van der Waals surface area contributed by atoms with Gasteiger partial charge in [0.1, 0.15) is 11.5 Å². The number of nitrogens with one attached hydrogen (secondary N) is 1. The standard InChI is InChI=1S/C23H29NO4/c1-15-7-9-17(10-8-15)27-12-6-5-11-24-22(26)21-16(2)20-18(25)13-23(3,4)14-19(20)28-21/h7-10H,5-6,11-14H2,1-4H3,(H,24,26). The summed E-state index contributed by atoms with van der Waals surface area (Å²) in [6.45, 7) is 9.08. The minimum Gasteiger partial charge on any atom is -0.494 e. The normalized spacial score (nSPS) is 15.2. The average Bonchev–Trinajstić information content (AvgIpc) is 2.94. The highest BCUT2D eigenvalue weighted by Crippen LogP contribution is 2.38. The maximum absolute atomic E-state index is 12.5. The summed E-state index contributed by atoms with van der Waals surface area (Å²) in [5, 5.41) is 2.89. The molecule has 3 rings (SSSR count). The van der Waals surface area contributed by atoms with Crippen molar-refractivity contribution in [3.8, 4) is 5.75 Å². The van der Waals surface area contributed by atoms with Gasteiger partial charge in [0.05, 0.1) is 12.2 Å². The van der Waals surface area contributed by atoms with Crippen molar-refractivity contribution in [2.24, 2.45) is 5.41 Å². The van der Waals surface area contributed by atoms with Gasteiger partial charge in [0.2, 0.25) is 0 Å². The zero-order chi connectivity index (χ0) is 20.3. The number of Topliss-reactive ketones (excluding diaryl/α,β-unsaturated/α-hetero) is 1. The summed E-state index contributed by atoms with van der Waals surface area (Å²) in [5.41, 5.74) is 2.35. The van der Waals surface area contributed by atoms with Gasteiger partial charge in [-0.3, -0.25) is 9.59 Å². The number of rotatable bonds is 7. The zero-order valence-corrected chi connectivity index (χ0v) is 17.2. The molecule has 1 amide bonds. The van der Waals surface area contributed by atoms with Crippen LogP contribution in [-0.2, 0) is 6.42 Å². The Morgan fingerprint density at radius 2 is 1.86 bits per heavy atom. The molecule has 150 valence electrons. The van der Waals surface area contributed by atoms with Gasteiger partial charge in [0, 0.05) is 24.9 Å². The number of hydrogen-bond donors (Lipinski definition) is 1. The molecule has 0 fully saturated rings. The molecule has 1 aromatic heterocycles. The van der Waals surface area contributed by atoms with Crippen LogP contribution in [0.4, 0.5) is 0 Å². The number of carbonyl (C=O) groups is 2. The van der Waals surface area contributed by atoms with E-state index in [1.807, 2.05) is 45.0 Å². The molecule has 5 heteroatoms. The molecule has 0 radical (unpaired) electrons. The lowest BCUT2D eigenvalue weighted by atomic mass is 9.76. The summed E-state index contributed by atoms with van der Waals surface area (Å²) >= 11 is 0. The van der Waals surface area contributed by atoms with Gasteiger partial charge < -0.3 is 14.5 Å². The van der Waals surface area contributed by atoms with Crippen LogP contribution in [0.25, 0.3) is 0 Å². The van der Waals surface area contributed by atoms with E-state index in [1.165, 1.54) is 5.56 Å². The molecular weight excluding hydrogens is 354 g/mol. The van der Waals surface area contributed by atoms with Gasteiger partial charge >= 0.3 is 0 Å². The Morgan fingerprint density at radius 1 is 1.14 bits per heavy atom. The highest BCUT2D eigenvalue weighted by Gasteiger charge is 2.36. The molecule has 1 heterocycles. The van der Waals surface area contributed by atoms with Crippen molar-refractivity contribution >= 4 is 11.7 Å². The fourth-order valence-corrected chi connectivity index (χ4v) is 3.63. The Kier molecular flexibility index (Phi) is 5.92. The van der Waals surface area contributed by atoms with Crippen LogP contribution < -0.4 is 10.1 Å². The zero-order valence-electron chi connectivity index (χ0n) is 17.2. The van der Waals surface area contributed by atoms with E-state index in [2.05, 4.69) is 5.32 Å². The predicted molar refractivity (Wildman–Crippen MR) is 108 cm³/mol. The lowest BCUT2D eigenvalue weighted by molar-refractivity contribution is 0.0888. The second kappa shape index (κ2) is 8.21. The van der Waals surface area contributed by atoms with Crippen LogP contribution in [0.15, 0.2) is 28.7 Å². The molecule has 0 spiro atoms. The SMILES string of the molecule is Cc1ccc(OCCCCNC(=O)c2oc3c(c2C)C(=O)CC(C)(C)C3)cc1. The number of furan rings is 1. The second-order valence-electron chi connectivity index (χ2n) is 8.42. The van der Waals surface area contributed by atoms with Gasteiger partial charge in [-0.15, -0.1) is 0 Å². The Labute approximate surface area is 166 Å². The fourth-order valence-electron chi connectivity index (χ4n) is 3.63. The van der Waals surface area contributed by atoms with Gasteiger partial charge in [-0.1, -0.05) is 31.5 Å². The second-order valence-corrected chi connectivity index (χ2v) is 8.42. The predicted octanol–water partition coefficient (Wildman–Crippen LogP) is 4.64. The van der Waals surface area contributed by atoms with Crippen LogP contribution in [0.5, 0.6) is 5.75 Å². The molecule has 0 aliphatic heterocycles. The van der Waals surface area contributed by atoms with Crippen molar-refractivity contribution in [2.75, 3.05) is 13.2 Å². The molecule has 28 heavy (non-hydrogen) atoms. The number of ether oxygens (including phenoxy) is 1. The van der Waals surface area contributed by atoms with Crippen LogP contribution in [0.3, 0.4) is 0 Å². The number of hydrogen-bond acceptors (Lipinski definition) is 4. The van der Waals surface area contributed by atoms with Gasteiger partial charge in [0.25, 0.3) is 5.91 Å². The van der Waals surface area contributed by atoms with Crippen LogP contribution in [0.1, 0.15) is 70.9 Å². The number of benzene rings is 1. The van der Waals surface area contributed by atoms with Crippen LogP contribution in [-0.4, -0.2) is 24.8 Å². The van der Waals surface area contributed by atoms with Crippen molar-refractivity contribution in [2.45, 2.75) is 53.4 Å². The largest absolute Gasteiger partial charge is 0.494 e. The van der Waals surface area contributed by atoms with E-state index < -0.39 is 0 Å². The summed E-state index contributed by atoms with van der Waals surface area (Å²) in [7, 11) is 0. The summed E-state index contributed by atoms with van der Waals surface area (Å²) < 4.78 is 11.5. The molecule has 1 aliphatic rings. The first-order chi connectivity index (χ1) is 13.3. The topological polar surface area (TPSA) is 68.5 Å². The van der Waals surface area contributed by atoms with Gasteiger partial charge in [-0.25, -0.2) is 0 Å². The van der Waals surface area contributed by atoms with E-state index in [-0.39, 0.29) is 22.9 Å². The fraction of sp³-hybridized carbons (Fsp3) is 0.478. The van der Waals surface area contributed by atoms with Gasteiger partial charge in [0.15, 0.2) is 11.5 Å². The number of aryl methyl sites for hydroxylation is 1. The van der Waals surface area contributed by atoms with E-state index in [4.69, 9.17) is 9.15 Å². The third kappa shape index (κ3) is 4.64. The first-order valence-corrected chi connectivity index (χ1v) is 9.90. The molecule has 0 bridgehead atoms. The monoisotopic (exact) mass is 383 g/mol. The Bertz CT molecular complexity index is 861. The Hall–Kier alpha value is -2.56. The molecule has 5 nitrogen and oxygen atoms in total. The van der Waals surface area contributed by atoms with Gasteiger partial charge in [-0.2, -0.15) is 0 Å². The van der Waals surface area contributed by atoms with Crippen LogP contribution in [0.2, 0.25) is 0 Å². The van der Waals surface area contributed by atoms with Crippen LogP contribution in [0, 0.1) is 19.3 Å². The number of fused-ring (bicyclic) bond motifs is 1. The molecular formula is C23H29NO4. The Balaban J connectivity index is 1.47. The highest BCUT2D eigenvalue weighted by atomic mass is 16.5. The summed E-state index contributed by atoms with van der Waals surface area (Å²) in [4.78, 5) is 24.9. The third-order valence-electron chi connectivity index (χ3n) is 5.13. The number of amides is 1. The van der Waals surface area contributed by atoms with Crippen molar-refractivity contribution < 1.29 is 18.7 Å². The van der Waals surface area contributed by atoms with Gasteiger partial charge in [-0.05, 0) is 44.2 Å². The summed E-state index contributed by atoms with van der Waals surface area (Å²) in [6, 6.07) is 7.96. The molecule has 0 saturated carbocycles. The number of carbonyl (C=O) groups excluding carboxylic acids is 2. The molecule has 2 aromatic rings. The Morgan fingerprint density at radius 3 is 2.57 bits per heavy atom. The van der Waals surface area contributed by atoms with E-state index >= 15 is 0 Å². The molecule has 0 unspecified atom stereocenters. The van der Waals surface area contributed by atoms with Crippen LogP contribution >= 0.6 is 0 Å². The molecule has 1 N–H and O–H groups in total. The quantitative estimate of drug-likeness (QED) is 0.707. The molecule has 0 atom stereocenters. The first kappa shape index (κ1) is 20.2. The third-order valence-corrected chi connectivity index (χ3v) is 5.13.